The molecule has 0 radical (unpaired) electrons. The zero-order valence-electron chi connectivity index (χ0n) is 11.2. The van der Waals surface area contributed by atoms with Gasteiger partial charge in [-0.05, 0) is 18.9 Å². The first-order valence-corrected chi connectivity index (χ1v) is 6.82. The van der Waals surface area contributed by atoms with Gasteiger partial charge in [0.25, 0.3) is 5.91 Å². The lowest BCUT2D eigenvalue weighted by atomic mass is 9.91. The maximum absolute atomic E-state index is 13.8. The number of carbonyl (C=O) groups is 2. The second kappa shape index (κ2) is 4.98. The van der Waals surface area contributed by atoms with E-state index in [1.807, 2.05) is 0 Å². The van der Waals surface area contributed by atoms with E-state index in [1.165, 1.54) is 4.90 Å². The number of nitrogens with zero attached hydrogens (tertiary/aromatic N) is 1. The summed E-state index contributed by atoms with van der Waals surface area (Å²) in [4.78, 5) is 25.7. The van der Waals surface area contributed by atoms with Gasteiger partial charge in [-0.2, -0.15) is 0 Å². The van der Waals surface area contributed by atoms with Gasteiger partial charge >= 0.3 is 0 Å². The van der Waals surface area contributed by atoms with Gasteiger partial charge in [0.15, 0.2) is 0 Å². The highest BCUT2D eigenvalue weighted by Crippen LogP contribution is 2.29. The van der Waals surface area contributed by atoms with Crippen molar-refractivity contribution in [1.29, 1.82) is 0 Å². The molecule has 2 fully saturated rings. The van der Waals surface area contributed by atoms with Gasteiger partial charge in [0.1, 0.15) is 11.6 Å². The fourth-order valence-corrected chi connectivity index (χ4v) is 3.09. The molecule has 2 heterocycles. The molecule has 112 valence electrons. The van der Waals surface area contributed by atoms with Crippen LogP contribution in [0.3, 0.4) is 0 Å². The molecule has 2 amide bonds. The molecule has 2 aliphatic rings. The largest absolute Gasteiger partial charge is 0.396 e. The Morgan fingerprint density at radius 2 is 2.10 bits per heavy atom. The van der Waals surface area contributed by atoms with E-state index in [1.54, 1.807) is 0 Å². The van der Waals surface area contributed by atoms with E-state index in [2.05, 4.69) is 5.32 Å². The van der Waals surface area contributed by atoms with E-state index < -0.39 is 17.5 Å². The van der Waals surface area contributed by atoms with Crippen molar-refractivity contribution in [2.45, 2.75) is 18.9 Å². The minimum Gasteiger partial charge on any atom is -0.396 e. The lowest BCUT2D eigenvalue weighted by Crippen LogP contribution is -2.49. The topological polar surface area (TPSA) is 75.4 Å². The molecular formula is C14H15F2N3O2. The summed E-state index contributed by atoms with van der Waals surface area (Å²) >= 11 is 0. The molecule has 2 unspecified atom stereocenters. The molecule has 1 aromatic carbocycles. The van der Waals surface area contributed by atoms with Crippen LogP contribution < -0.4 is 11.1 Å². The van der Waals surface area contributed by atoms with Crippen LogP contribution in [0.25, 0.3) is 0 Å². The fraction of sp³-hybridized carbons (Fsp3) is 0.429. The van der Waals surface area contributed by atoms with Crippen LogP contribution in [0.1, 0.15) is 23.2 Å². The fourth-order valence-electron chi connectivity index (χ4n) is 3.09. The third kappa shape index (κ3) is 2.22. The van der Waals surface area contributed by atoms with Crippen molar-refractivity contribution in [3.8, 4) is 0 Å². The van der Waals surface area contributed by atoms with Crippen molar-refractivity contribution in [1.82, 2.24) is 10.2 Å². The third-order valence-electron chi connectivity index (χ3n) is 4.18. The molecule has 1 aromatic rings. The highest BCUT2D eigenvalue weighted by atomic mass is 19.1. The minimum atomic E-state index is -0.939. The Kier molecular flexibility index (Phi) is 3.27. The lowest BCUT2D eigenvalue weighted by molar-refractivity contribution is -0.123. The number of halogens is 2. The van der Waals surface area contributed by atoms with Crippen LogP contribution in [0, 0.1) is 17.6 Å². The maximum Gasteiger partial charge on any atom is 0.257 e. The lowest BCUT2D eigenvalue weighted by Gasteiger charge is -2.36. The van der Waals surface area contributed by atoms with Gasteiger partial charge in [0.2, 0.25) is 5.91 Å². The average molecular weight is 295 g/mol. The third-order valence-corrected chi connectivity index (χ3v) is 4.18. The summed E-state index contributed by atoms with van der Waals surface area (Å²) in [5.74, 6) is -2.70. The molecule has 7 heteroatoms. The molecule has 3 N–H and O–H groups in total. The number of hydrogen-bond acceptors (Lipinski definition) is 3. The standard InChI is InChI=1S/C14H15F2N3O2/c15-9-5-10(16)11(17)4-8(9)14(21)19-3-1-2-7-12(19)6-18-13(7)20/h4-5,7,12H,1-3,6,17H2,(H,18,20). The van der Waals surface area contributed by atoms with Crippen molar-refractivity contribution < 1.29 is 18.4 Å². The molecule has 3 rings (SSSR count). The predicted octanol–water partition coefficient (Wildman–Crippen LogP) is 0.898. The van der Waals surface area contributed by atoms with Gasteiger partial charge in [0.05, 0.1) is 23.2 Å². The second-order valence-electron chi connectivity index (χ2n) is 5.41. The Balaban J connectivity index is 1.91. The molecule has 21 heavy (non-hydrogen) atoms. The highest BCUT2D eigenvalue weighted by Gasteiger charge is 2.43. The molecular weight excluding hydrogens is 280 g/mol. The van der Waals surface area contributed by atoms with Crippen molar-refractivity contribution >= 4 is 17.5 Å². The predicted molar refractivity (Wildman–Crippen MR) is 71.3 cm³/mol. The Morgan fingerprint density at radius 1 is 1.33 bits per heavy atom. The van der Waals surface area contributed by atoms with E-state index in [-0.39, 0.29) is 29.1 Å². The summed E-state index contributed by atoms with van der Waals surface area (Å²) < 4.78 is 27.0. The average Bonchev–Trinajstić information content (AvgIpc) is 2.84. The number of nitrogen functional groups attached to an aromatic ring is 1. The van der Waals surface area contributed by atoms with Crippen LogP contribution >= 0.6 is 0 Å². The molecule has 2 aliphatic heterocycles. The number of hydrogen-bond donors (Lipinski definition) is 2. The van der Waals surface area contributed by atoms with Gasteiger partial charge in [-0.15, -0.1) is 0 Å². The van der Waals surface area contributed by atoms with E-state index in [4.69, 9.17) is 5.73 Å². The molecule has 2 atom stereocenters. The zero-order valence-corrected chi connectivity index (χ0v) is 11.2. The van der Waals surface area contributed by atoms with Gasteiger partial charge in [-0.25, -0.2) is 8.78 Å². The molecule has 0 saturated carbocycles. The number of likely N-dealkylation sites (tertiary alicyclic amines) is 1. The first kappa shape index (κ1) is 13.8. The quantitative estimate of drug-likeness (QED) is 0.756. The van der Waals surface area contributed by atoms with Crippen molar-refractivity contribution in [2.75, 3.05) is 18.8 Å². The Morgan fingerprint density at radius 3 is 2.86 bits per heavy atom. The van der Waals surface area contributed by atoms with E-state index in [0.717, 1.165) is 6.07 Å². The van der Waals surface area contributed by atoms with Gasteiger partial charge in [-0.3, -0.25) is 9.59 Å². The maximum atomic E-state index is 13.8. The Labute approximate surface area is 120 Å². The van der Waals surface area contributed by atoms with Crippen molar-refractivity contribution in [2.24, 2.45) is 5.92 Å². The number of rotatable bonds is 1. The summed E-state index contributed by atoms with van der Waals surface area (Å²) in [6.45, 7) is 0.819. The number of fused-ring (bicyclic) bond motifs is 1. The van der Waals surface area contributed by atoms with Crippen LogP contribution in [0.5, 0.6) is 0 Å². The molecule has 0 aromatic heterocycles. The SMILES string of the molecule is Nc1cc(C(=O)N2CCCC3C(=O)NCC32)c(F)cc1F. The van der Waals surface area contributed by atoms with Crippen LogP contribution in [0.2, 0.25) is 0 Å². The highest BCUT2D eigenvalue weighted by molar-refractivity contribution is 5.96. The minimum absolute atomic E-state index is 0.0726. The number of nitrogens with one attached hydrogen (secondary N) is 1. The van der Waals surface area contributed by atoms with Gasteiger partial charge in [-0.1, -0.05) is 0 Å². The van der Waals surface area contributed by atoms with Crippen molar-refractivity contribution in [3.05, 3.63) is 29.3 Å². The summed E-state index contributed by atoms with van der Waals surface area (Å²) in [7, 11) is 0. The summed E-state index contributed by atoms with van der Waals surface area (Å²) in [6.07, 6.45) is 1.40. The Bertz CT molecular complexity index is 620. The number of amides is 2. The van der Waals surface area contributed by atoms with E-state index in [9.17, 15) is 18.4 Å². The van der Waals surface area contributed by atoms with Crippen LogP contribution in [-0.4, -0.2) is 35.8 Å². The first-order chi connectivity index (χ1) is 9.99. The van der Waals surface area contributed by atoms with Gasteiger partial charge in [0, 0.05) is 19.2 Å². The number of benzene rings is 1. The zero-order chi connectivity index (χ0) is 15.1. The van der Waals surface area contributed by atoms with E-state index >= 15 is 0 Å². The van der Waals surface area contributed by atoms with Crippen LogP contribution in [-0.2, 0) is 4.79 Å². The molecule has 0 spiro atoms. The molecule has 0 aliphatic carbocycles. The number of piperidine rings is 1. The first-order valence-electron chi connectivity index (χ1n) is 6.82. The van der Waals surface area contributed by atoms with E-state index in [0.29, 0.717) is 32.0 Å². The molecule has 0 bridgehead atoms. The molecule has 2 saturated heterocycles. The van der Waals surface area contributed by atoms with Gasteiger partial charge < -0.3 is 16.0 Å². The van der Waals surface area contributed by atoms with Crippen molar-refractivity contribution in [3.63, 3.8) is 0 Å². The van der Waals surface area contributed by atoms with Crippen LogP contribution in [0.15, 0.2) is 12.1 Å². The Hall–Kier alpha value is -2.18. The summed E-state index contributed by atoms with van der Waals surface area (Å²) in [5, 5.41) is 2.72. The monoisotopic (exact) mass is 295 g/mol. The summed E-state index contributed by atoms with van der Waals surface area (Å²) in [5.41, 5.74) is 4.88. The van der Waals surface area contributed by atoms with Crippen LogP contribution in [0.4, 0.5) is 14.5 Å². The second-order valence-corrected chi connectivity index (χ2v) is 5.41. The summed E-state index contributed by atoms with van der Waals surface area (Å²) in [6, 6.07) is 1.35. The number of carbonyl (C=O) groups excluding carboxylic acids is 2. The number of nitrogens with two attached hydrogens (primary N) is 1. The normalized spacial score (nSPS) is 24.7. The smallest absolute Gasteiger partial charge is 0.257 e. The number of anilines is 1. The molecule has 5 nitrogen and oxygen atoms in total.